The summed E-state index contributed by atoms with van der Waals surface area (Å²) in [5, 5.41) is 8.73. The van der Waals surface area contributed by atoms with Crippen LogP contribution in [0.2, 0.25) is 0 Å². The average molecular weight is 341 g/mol. The molecule has 0 amide bonds. The third-order valence-electron chi connectivity index (χ3n) is 4.22. The summed E-state index contributed by atoms with van der Waals surface area (Å²) in [4.78, 5) is 22.4. The van der Waals surface area contributed by atoms with Gasteiger partial charge in [-0.05, 0) is 38.0 Å². The van der Waals surface area contributed by atoms with E-state index in [4.69, 9.17) is 9.84 Å². The van der Waals surface area contributed by atoms with E-state index in [1.54, 1.807) is 6.08 Å². The Labute approximate surface area is 147 Å². The Morgan fingerprint density at radius 3 is 2.33 bits per heavy atom. The summed E-state index contributed by atoms with van der Waals surface area (Å²) in [5.41, 5.74) is 1.09. The van der Waals surface area contributed by atoms with E-state index in [2.05, 4.69) is 13.8 Å². The predicted octanol–water partition coefficient (Wildman–Crippen LogP) is 5.36. The van der Waals surface area contributed by atoms with Crippen LogP contribution in [0.3, 0.4) is 0 Å². The molecule has 4 heteroatoms. The van der Waals surface area contributed by atoms with Gasteiger partial charge in [0.25, 0.3) is 0 Å². The highest BCUT2D eigenvalue weighted by Crippen LogP contribution is 2.16. The van der Waals surface area contributed by atoms with E-state index in [0.717, 1.165) is 37.7 Å². The van der Waals surface area contributed by atoms with E-state index >= 15 is 0 Å². The van der Waals surface area contributed by atoms with Gasteiger partial charge in [-0.1, -0.05) is 58.4 Å². The van der Waals surface area contributed by atoms with Crippen LogP contribution in [0.4, 0.5) is 0 Å². The zero-order valence-electron chi connectivity index (χ0n) is 16.0. The standard InChI is InChI=1S/C20H36O4/c1-5-6-7-8-10-17(3)14-20(23)24-15-18(4)12-9-11-16(2)13-19(21)22/h14,16,18H,5-13,15H2,1-4H3,(H,21,22)/b17-14-/t16-,18+/m0/s1. The Morgan fingerprint density at radius 1 is 1.04 bits per heavy atom. The third kappa shape index (κ3) is 14.3. The van der Waals surface area contributed by atoms with Gasteiger partial charge in [0, 0.05) is 12.5 Å². The second-order valence-corrected chi connectivity index (χ2v) is 7.17. The largest absolute Gasteiger partial charge is 0.481 e. The van der Waals surface area contributed by atoms with Gasteiger partial charge < -0.3 is 9.84 Å². The Hall–Kier alpha value is -1.32. The van der Waals surface area contributed by atoms with Crippen molar-refractivity contribution in [2.24, 2.45) is 11.8 Å². The van der Waals surface area contributed by atoms with E-state index in [1.807, 2.05) is 13.8 Å². The first-order valence-electron chi connectivity index (χ1n) is 9.40. The van der Waals surface area contributed by atoms with E-state index in [9.17, 15) is 9.59 Å². The molecule has 0 heterocycles. The first kappa shape index (κ1) is 22.7. The summed E-state index contributed by atoms with van der Waals surface area (Å²) in [5.74, 6) is -0.463. The van der Waals surface area contributed by atoms with Crippen LogP contribution in [0.15, 0.2) is 11.6 Å². The van der Waals surface area contributed by atoms with Crippen molar-refractivity contribution >= 4 is 11.9 Å². The van der Waals surface area contributed by atoms with Gasteiger partial charge in [-0.15, -0.1) is 0 Å². The second kappa shape index (κ2) is 14.1. The number of allylic oxidation sites excluding steroid dienone is 1. The maximum absolute atomic E-state index is 11.8. The van der Waals surface area contributed by atoms with Crippen LogP contribution in [0, 0.1) is 11.8 Å². The summed E-state index contributed by atoms with van der Waals surface area (Å²) < 4.78 is 5.31. The molecule has 0 saturated heterocycles. The molecule has 0 aliphatic rings. The molecule has 0 saturated carbocycles. The molecule has 0 fully saturated rings. The van der Waals surface area contributed by atoms with Gasteiger partial charge in [0.05, 0.1) is 6.61 Å². The number of hydrogen-bond donors (Lipinski definition) is 1. The van der Waals surface area contributed by atoms with Gasteiger partial charge in [0.2, 0.25) is 0 Å². The minimum Gasteiger partial charge on any atom is -0.481 e. The van der Waals surface area contributed by atoms with Crippen molar-refractivity contribution < 1.29 is 19.4 Å². The van der Waals surface area contributed by atoms with Gasteiger partial charge in [-0.25, -0.2) is 4.79 Å². The van der Waals surface area contributed by atoms with Crippen LogP contribution in [-0.4, -0.2) is 23.7 Å². The van der Waals surface area contributed by atoms with Gasteiger partial charge >= 0.3 is 11.9 Å². The van der Waals surface area contributed by atoms with Gasteiger partial charge in [-0.2, -0.15) is 0 Å². The number of rotatable bonds is 14. The lowest BCUT2D eigenvalue weighted by molar-refractivity contribution is -0.139. The van der Waals surface area contributed by atoms with Crippen molar-refractivity contribution in [3.8, 4) is 0 Å². The summed E-state index contributed by atoms with van der Waals surface area (Å²) >= 11 is 0. The first-order chi connectivity index (χ1) is 11.3. The molecule has 0 aromatic carbocycles. The first-order valence-corrected chi connectivity index (χ1v) is 9.40. The number of carbonyl (C=O) groups is 2. The molecule has 0 aliphatic heterocycles. The lowest BCUT2D eigenvalue weighted by Crippen LogP contribution is -2.11. The Bertz CT molecular complexity index is 387. The van der Waals surface area contributed by atoms with Crippen LogP contribution < -0.4 is 0 Å². The molecule has 0 unspecified atom stereocenters. The quantitative estimate of drug-likeness (QED) is 0.262. The van der Waals surface area contributed by atoms with Crippen molar-refractivity contribution in [2.75, 3.05) is 6.61 Å². The fourth-order valence-electron chi connectivity index (χ4n) is 2.67. The van der Waals surface area contributed by atoms with Gasteiger partial charge in [0.15, 0.2) is 0 Å². The number of hydrogen-bond acceptors (Lipinski definition) is 3. The molecule has 0 aliphatic carbocycles. The molecular formula is C20H36O4. The number of ether oxygens (including phenoxy) is 1. The lowest BCUT2D eigenvalue weighted by Gasteiger charge is -2.13. The molecule has 2 atom stereocenters. The zero-order chi connectivity index (χ0) is 18.4. The Balaban J connectivity index is 3.82. The summed E-state index contributed by atoms with van der Waals surface area (Å²) in [6.07, 6.45) is 10.5. The molecular weight excluding hydrogens is 304 g/mol. The Kier molecular flexibility index (Phi) is 13.3. The molecule has 4 nitrogen and oxygen atoms in total. The maximum atomic E-state index is 11.8. The molecule has 0 spiro atoms. The fourth-order valence-corrected chi connectivity index (χ4v) is 2.67. The number of carbonyl (C=O) groups excluding carboxylic acids is 1. The molecule has 0 aromatic rings. The van der Waals surface area contributed by atoms with Crippen molar-refractivity contribution in [1.82, 2.24) is 0 Å². The van der Waals surface area contributed by atoms with Crippen LogP contribution in [0.25, 0.3) is 0 Å². The topological polar surface area (TPSA) is 63.6 Å². The van der Waals surface area contributed by atoms with E-state index in [0.29, 0.717) is 12.5 Å². The van der Waals surface area contributed by atoms with E-state index < -0.39 is 5.97 Å². The monoisotopic (exact) mass is 340 g/mol. The van der Waals surface area contributed by atoms with Crippen molar-refractivity contribution in [3.05, 3.63) is 11.6 Å². The summed E-state index contributed by atoms with van der Waals surface area (Å²) in [7, 11) is 0. The second-order valence-electron chi connectivity index (χ2n) is 7.17. The molecule has 24 heavy (non-hydrogen) atoms. The molecule has 0 aromatic heterocycles. The highest BCUT2D eigenvalue weighted by Gasteiger charge is 2.10. The lowest BCUT2D eigenvalue weighted by atomic mass is 9.97. The van der Waals surface area contributed by atoms with Crippen molar-refractivity contribution in [1.29, 1.82) is 0 Å². The van der Waals surface area contributed by atoms with Crippen LogP contribution in [0.5, 0.6) is 0 Å². The number of carboxylic acids is 1. The summed E-state index contributed by atoms with van der Waals surface area (Å²) in [6, 6.07) is 0. The normalized spacial score (nSPS) is 14.2. The predicted molar refractivity (Wildman–Crippen MR) is 97.9 cm³/mol. The smallest absolute Gasteiger partial charge is 0.330 e. The fraction of sp³-hybridized carbons (Fsp3) is 0.800. The molecule has 0 rings (SSSR count). The molecule has 0 radical (unpaired) electrons. The van der Waals surface area contributed by atoms with Gasteiger partial charge in [-0.3, -0.25) is 4.79 Å². The maximum Gasteiger partial charge on any atom is 0.330 e. The van der Waals surface area contributed by atoms with E-state index in [-0.39, 0.29) is 18.3 Å². The van der Waals surface area contributed by atoms with Crippen LogP contribution in [0.1, 0.15) is 85.5 Å². The molecule has 0 bridgehead atoms. The van der Waals surface area contributed by atoms with Gasteiger partial charge in [0.1, 0.15) is 0 Å². The number of carboxylic acid groups (broad SMARTS) is 1. The van der Waals surface area contributed by atoms with Crippen molar-refractivity contribution in [2.45, 2.75) is 85.5 Å². The highest BCUT2D eigenvalue weighted by molar-refractivity contribution is 5.82. The highest BCUT2D eigenvalue weighted by atomic mass is 16.5. The Morgan fingerprint density at radius 2 is 1.71 bits per heavy atom. The average Bonchev–Trinajstić information content (AvgIpc) is 2.49. The zero-order valence-corrected chi connectivity index (χ0v) is 16.0. The SMILES string of the molecule is CCCCCC/C(C)=C\C(=O)OC[C@H](C)CCC[C@H](C)CC(=O)O. The molecule has 140 valence electrons. The number of aliphatic carboxylic acids is 1. The van der Waals surface area contributed by atoms with E-state index in [1.165, 1.54) is 19.3 Å². The summed E-state index contributed by atoms with van der Waals surface area (Å²) in [6.45, 7) is 8.64. The van der Waals surface area contributed by atoms with Crippen LogP contribution in [-0.2, 0) is 14.3 Å². The third-order valence-corrected chi connectivity index (χ3v) is 4.22. The van der Waals surface area contributed by atoms with Crippen molar-refractivity contribution in [3.63, 3.8) is 0 Å². The number of esters is 1. The minimum absolute atomic E-state index is 0.204. The molecule has 1 N–H and O–H groups in total. The minimum atomic E-state index is -0.735. The van der Waals surface area contributed by atoms with Crippen LogP contribution >= 0.6 is 0 Å². The number of unbranched alkanes of at least 4 members (excludes halogenated alkanes) is 3.